The molecule has 0 aliphatic heterocycles. The van der Waals surface area contributed by atoms with Gasteiger partial charge in [0.25, 0.3) is 0 Å². The number of benzene rings is 1. The van der Waals surface area contributed by atoms with Gasteiger partial charge in [0.15, 0.2) is 0 Å². The molecule has 1 aromatic carbocycles. The zero-order valence-electron chi connectivity index (χ0n) is 12.1. The zero-order chi connectivity index (χ0) is 13.9. The largest absolute Gasteiger partial charge is 0.496 e. The monoisotopic (exact) mass is 287 g/mol. The van der Waals surface area contributed by atoms with Crippen molar-refractivity contribution in [3.05, 3.63) is 51.2 Å². The molecule has 1 heterocycles. The van der Waals surface area contributed by atoms with Crippen molar-refractivity contribution in [3.8, 4) is 5.75 Å². The molecule has 1 aliphatic rings. The Morgan fingerprint density at radius 2 is 2.25 bits per heavy atom. The van der Waals surface area contributed by atoms with Crippen LogP contribution in [0.4, 0.5) is 0 Å². The third kappa shape index (κ3) is 2.74. The van der Waals surface area contributed by atoms with Gasteiger partial charge in [0.2, 0.25) is 0 Å². The summed E-state index contributed by atoms with van der Waals surface area (Å²) in [4.78, 5) is 1.57. The molecule has 1 atom stereocenters. The van der Waals surface area contributed by atoms with Gasteiger partial charge in [0, 0.05) is 17.5 Å². The summed E-state index contributed by atoms with van der Waals surface area (Å²) in [6.45, 7) is 3.02. The minimum Gasteiger partial charge on any atom is -0.496 e. The van der Waals surface area contributed by atoms with E-state index < -0.39 is 0 Å². The lowest BCUT2D eigenvalue weighted by Gasteiger charge is -2.24. The van der Waals surface area contributed by atoms with Gasteiger partial charge in [-0.1, -0.05) is 12.1 Å². The topological polar surface area (TPSA) is 21.3 Å². The highest BCUT2D eigenvalue weighted by Gasteiger charge is 2.20. The molecule has 0 spiro atoms. The molecule has 0 saturated carbocycles. The fourth-order valence-electron chi connectivity index (χ4n) is 2.99. The van der Waals surface area contributed by atoms with Gasteiger partial charge in [-0.25, -0.2) is 0 Å². The second-order valence-electron chi connectivity index (χ2n) is 5.43. The summed E-state index contributed by atoms with van der Waals surface area (Å²) in [5, 5.41) is 5.94. The van der Waals surface area contributed by atoms with E-state index >= 15 is 0 Å². The van der Waals surface area contributed by atoms with E-state index in [0.29, 0.717) is 6.04 Å². The maximum Gasteiger partial charge on any atom is 0.121 e. The van der Waals surface area contributed by atoms with E-state index in [1.807, 2.05) is 11.3 Å². The summed E-state index contributed by atoms with van der Waals surface area (Å²) in [7, 11) is 1.72. The van der Waals surface area contributed by atoms with Crippen LogP contribution in [0.25, 0.3) is 0 Å². The molecule has 106 valence electrons. The highest BCUT2D eigenvalue weighted by Crippen LogP contribution is 2.33. The van der Waals surface area contributed by atoms with Crippen molar-refractivity contribution < 1.29 is 4.74 Å². The Labute approximate surface area is 124 Å². The van der Waals surface area contributed by atoms with Crippen molar-refractivity contribution >= 4 is 11.3 Å². The van der Waals surface area contributed by atoms with Crippen LogP contribution in [0.15, 0.2) is 29.6 Å². The summed E-state index contributed by atoms with van der Waals surface area (Å²) < 4.78 is 5.31. The van der Waals surface area contributed by atoms with Crippen molar-refractivity contribution in [2.24, 2.45) is 0 Å². The summed E-state index contributed by atoms with van der Waals surface area (Å²) in [6.07, 6.45) is 3.80. The Kier molecular flexibility index (Phi) is 4.08. The minimum atomic E-state index is 0.521. The first-order valence-electron chi connectivity index (χ1n) is 7.21. The van der Waals surface area contributed by atoms with E-state index in [4.69, 9.17) is 4.74 Å². The highest BCUT2D eigenvalue weighted by molar-refractivity contribution is 7.10. The van der Waals surface area contributed by atoms with Gasteiger partial charge in [-0.15, -0.1) is 11.3 Å². The predicted molar refractivity (Wildman–Crippen MR) is 84.6 cm³/mol. The smallest absolute Gasteiger partial charge is 0.121 e. The number of hydrogen-bond acceptors (Lipinski definition) is 3. The quantitative estimate of drug-likeness (QED) is 0.908. The predicted octanol–water partition coefficient (Wildman–Crippen LogP) is 4.23. The van der Waals surface area contributed by atoms with Crippen molar-refractivity contribution in [1.29, 1.82) is 0 Å². The molecule has 2 nitrogen and oxygen atoms in total. The van der Waals surface area contributed by atoms with E-state index in [-0.39, 0.29) is 0 Å². The number of fused-ring (bicyclic) bond motifs is 1. The minimum absolute atomic E-state index is 0.521. The number of aryl methyl sites for hydroxylation is 2. The van der Waals surface area contributed by atoms with Gasteiger partial charge in [-0.3, -0.25) is 0 Å². The first-order chi connectivity index (χ1) is 9.78. The van der Waals surface area contributed by atoms with Gasteiger partial charge < -0.3 is 10.1 Å². The lowest BCUT2D eigenvalue weighted by Crippen LogP contribution is -2.23. The summed E-state index contributed by atoms with van der Waals surface area (Å²) >= 11 is 1.90. The van der Waals surface area contributed by atoms with E-state index in [9.17, 15) is 0 Å². The molecule has 1 N–H and O–H groups in total. The Bertz CT molecular complexity index is 590. The molecule has 3 heteroatoms. The fraction of sp³-hybridized carbons (Fsp3) is 0.412. The average Bonchev–Trinajstić information content (AvgIpc) is 2.94. The molecule has 2 aromatic rings. The average molecular weight is 287 g/mol. The Morgan fingerprint density at radius 3 is 3.05 bits per heavy atom. The van der Waals surface area contributed by atoms with Crippen LogP contribution in [-0.2, 0) is 13.0 Å². The molecule has 0 saturated heterocycles. The van der Waals surface area contributed by atoms with Crippen LogP contribution in [0.2, 0.25) is 0 Å². The fourth-order valence-corrected chi connectivity index (χ4v) is 3.98. The van der Waals surface area contributed by atoms with Crippen LogP contribution in [0, 0.1) is 6.92 Å². The molecule has 0 amide bonds. The number of thiophene rings is 1. The summed E-state index contributed by atoms with van der Waals surface area (Å²) in [5.74, 6) is 0.964. The van der Waals surface area contributed by atoms with Crippen molar-refractivity contribution in [1.82, 2.24) is 5.32 Å². The Morgan fingerprint density at radius 1 is 1.35 bits per heavy atom. The molecular formula is C17H21NOS. The first kappa shape index (κ1) is 13.7. The highest BCUT2D eigenvalue weighted by atomic mass is 32.1. The number of hydrogen-bond donors (Lipinski definition) is 1. The zero-order valence-corrected chi connectivity index (χ0v) is 12.9. The molecule has 0 radical (unpaired) electrons. The first-order valence-corrected chi connectivity index (χ1v) is 8.09. The lowest BCUT2D eigenvalue weighted by molar-refractivity contribution is 0.411. The molecule has 1 unspecified atom stereocenters. The maximum atomic E-state index is 5.31. The molecule has 20 heavy (non-hydrogen) atoms. The van der Waals surface area contributed by atoms with Crippen LogP contribution < -0.4 is 10.1 Å². The number of ether oxygens (including phenoxy) is 1. The maximum absolute atomic E-state index is 5.31. The van der Waals surface area contributed by atoms with Crippen molar-refractivity contribution in [3.63, 3.8) is 0 Å². The van der Waals surface area contributed by atoms with E-state index in [2.05, 4.69) is 41.9 Å². The molecular weight excluding hydrogens is 266 g/mol. The molecule has 1 aliphatic carbocycles. The normalized spacial score (nSPS) is 17.8. The van der Waals surface area contributed by atoms with Crippen LogP contribution in [0.5, 0.6) is 5.75 Å². The summed E-state index contributed by atoms with van der Waals surface area (Å²) in [6, 6.07) is 9.23. The number of methoxy groups -OCH3 is 1. The summed E-state index contributed by atoms with van der Waals surface area (Å²) in [5.41, 5.74) is 4.05. The van der Waals surface area contributed by atoms with Crippen LogP contribution >= 0.6 is 11.3 Å². The standard InChI is InChI=1S/C17H21NOS/c1-12-10-13(6-7-16(12)19-2)11-18-15-4-3-5-17-14(15)8-9-20-17/h6-10,15,18H,3-5,11H2,1-2H3. The second-order valence-corrected chi connectivity index (χ2v) is 6.43. The van der Waals surface area contributed by atoms with E-state index in [1.54, 1.807) is 12.0 Å². The van der Waals surface area contributed by atoms with Crippen LogP contribution in [-0.4, -0.2) is 7.11 Å². The molecule has 3 rings (SSSR count). The third-order valence-electron chi connectivity index (χ3n) is 4.06. The van der Waals surface area contributed by atoms with Gasteiger partial charge in [-0.2, -0.15) is 0 Å². The SMILES string of the molecule is COc1ccc(CNC2CCCc3sccc32)cc1C. The second kappa shape index (κ2) is 5.98. The number of rotatable bonds is 4. The van der Waals surface area contributed by atoms with Gasteiger partial charge in [0.1, 0.15) is 5.75 Å². The van der Waals surface area contributed by atoms with Gasteiger partial charge in [-0.05, 0) is 60.4 Å². The molecule has 1 aromatic heterocycles. The van der Waals surface area contributed by atoms with Gasteiger partial charge >= 0.3 is 0 Å². The Balaban J connectivity index is 1.67. The molecule has 0 bridgehead atoms. The third-order valence-corrected chi connectivity index (χ3v) is 5.06. The van der Waals surface area contributed by atoms with Crippen LogP contribution in [0.1, 0.15) is 40.5 Å². The van der Waals surface area contributed by atoms with Gasteiger partial charge in [0.05, 0.1) is 7.11 Å². The van der Waals surface area contributed by atoms with Crippen molar-refractivity contribution in [2.75, 3.05) is 7.11 Å². The van der Waals surface area contributed by atoms with Crippen LogP contribution in [0.3, 0.4) is 0 Å². The lowest BCUT2D eigenvalue weighted by atomic mass is 9.94. The van der Waals surface area contributed by atoms with E-state index in [1.165, 1.54) is 36.0 Å². The van der Waals surface area contributed by atoms with E-state index in [0.717, 1.165) is 12.3 Å². The molecule has 0 fully saturated rings. The Hall–Kier alpha value is -1.32. The number of nitrogens with one attached hydrogen (secondary N) is 1. The van der Waals surface area contributed by atoms with Crippen molar-refractivity contribution in [2.45, 2.75) is 38.8 Å².